The molecular weight excluding hydrogens is 460 g/mol. The van der Waals surface area contributed by atoms with Gasteiger partial charge in [-0.15, -0.1) is 0 Å². The SMILES string of the molecule is Cc1nn([C@H]2C[C@H](OC(N)=O)C2)c2nc(Cl)nc(N3CCC[C@H]3CO[Si](C)(C)C(C)(C)C)c12. The third-order valence-electron chi connectivity index (χ3n) is 7.47. The molecule has 1 saturated heterocycles. The van der Waals surface area contributed by atoms with Crippen LogP contribution < -0.4 is 10.6 Å². The number of carbonyl (C=O) groups excluding carboxylic acids is 1. The average Bonchev–Trinajstić information content (AvgIpc) is 3.26. The maximum atomic E-state index is 11.0. The third-order valence-corrected chi connectivity index (χ3v) is 12.1. The molecule has 0 radical (unpaired) electrons. The van der Waals surface area contributed by atoms with E-state index in [0.717, 1.165) is 41.9 Å². The second-order valence-corrected chi connectivity index (χ2v) is 15.9. The topological polar surface area (TPSA) is 108 Å². The van der Waals surface area contributed by atoms with Crippen LogP contribution in [-0.4, -0.2) is 59.5 Å². The Morgan fingerprint density at radius 2 is 1.97 bits per heavy atom. The molecule has 0 aromatic carbocycles. The maximum Gasteiger partial charge on any atom is 0.404 e. The van der Waals surface area contributed by atoms with E-state index in [1.807, 2.05) is 11.6 Å². The summed E-state index contributed by atoms with van der Waals surface area (Å²) >= 11 is 6.40. The van der Waals surface area contributed by atoms with Crippen LogP contribution in [0.5, 0.6) is 0 Å². The highest BCUT2D eigenvalue weighted by Gasteiger charge is 2.40. The molecule has 1 atom stereocenters. The number of hydrogen-bond donors (Lipinski definition) is 1. The first-order valence-electron chi connectivity index (χ1n) is 11.7. The molecule has 0 spiro atoms. The van der Waals surface area contributed by atoms with Crippen molar-refractivity contribution in [2.75, 3.05) is 18.1 Å². The van der Waals surface area contributed by atoms with Gasteiger partial charge in [-0.05, 0) is 49.5 Å². The van der Waals surface area contributed by atoms with E-state index in [2.05, 4.69) is 48.7 Å². The summed E-state index contributed by atoms with van der Waals surface area (Å²) in [6.07, 6.45) is 2.52. The predicted octanol–water partition coefficient (Wildman–Crippen LogP) is 4.58. The Balaban J connectivity index is 1.60. The van der Waals surface area contributed by atoms with Crippen molar-refractivity contribution in [2.24, 2.45) is 5.73 Å². The molecule has 1 aliphatic carbocycles. The van der Waals surface area contributed by atoms with Gasteiger partial charge in [-0.3, -0.25) is 0 Å². The van der Waals surface area contributed by atoms with Crippen LogP contribution in [0.1, 0.15) is 58.2 Å². The highest BCUT2D eigenvalue weighted by molar-refractivity contribution is 6.74. The van der Waals surface area contributed by atoms with E-state index in [1.54, 1.807) is 0 Å². The first kappa shape index (κ1) is 24.2. The first-order valence-corrected chi connectivity index (χ1v) is 14.9. The van der Waals surface area contributed by atoms with Gasteiger partial charge >= 0.3 is 6.09 Å². The Morgan fingerprint density at radius 1 is 1.27 bits per heavy atom. The van der Waals surface area contributed by atoms with Crippen molar-refractivity contribution in [1.82, 2.24) is 19.7 Å². The van der Waals surface area contributed by atoms with Crippen molar-refractivity contribution in [2.45, 2.75) is 89.7 Å². The number of nitrogens with zero attached hydrogens (tertiary/aromatic N) is 5. The molecule has 11 heteroatoms. The van der Waals surface area contributed by atoms with Gasteiger partial charge in [0.2, 0.25) is 5.28 Å². The summed E-state index contributed by atoms with van der Waals surface area (Å²) in [5.74, 6) is 0.833. The Kier molecular flexibility index (Phi) is 6.39. The van der Waals surface area contributed by atoms with Crippen LogP contribution in [0.3, 0.4) is 0 Å². The van der Waals surface area contributed by atoms with E-state index < -0.39 is 14.4 Å². The summed E-state index contributed by atoms with van der Waals surface area (Å²) in [6.45, 7) is 14.9. The molecule has 2 aliphatic rings. The third kappa shape index (κ3) is 4.70. The number of primary amides is 1. The minimum absolute atomic E-state index is 0.0839. The number of aromatic nitrogens is 4. The van der Waals surface area contributed by atoms with Crippen molar-refractivity contribution >= 4 is 42.9 Å². The number of anilines is 1. The molecule has 182 valence electrons. The zero-order valence-corrected chi connectivity index (χ0v) is 22.1. The lowest BCUT2D eigenvalue weighted by atomic mass is 9.89. The lowest BCUT2D eigenvalue weighted by Gasteiger charge is -2.38. The van der Waals surface area contributed by atoms with Crippen LogP contribution in [0.4, 0.5) is 10.6 Å². The van der Waals surface area contributed by atoms with Gasteiger partial charge in [-0.1, -0.05) is 20.8 Å². The number of aryl methyl sites for hydroxylation is 1. The number of fused-ring (bicyclic) bond motifs is 1. The Morgan fingerprint density at radius 3 is 2.61 bits per heavy atom. The van der Waals surface area contributed by atoms with E-state index in [-0.39, 0.29) is 28.5 Å². The molecule has 1 aliphatic heterocycles. The van der Waals surface area contributed by atoms with Gasteiger partial charge < -0.3 is 19.8 Å². The van der Waals surface area contributed by atoms with Gasteiger partial charge in [0.05, 0.1) is 29.8 Å². The molecule has 1 amide bonds. The molecule has 2 fully saturated rings. The maximum absolute atomic E-state index is 11.0. The Hall–Kier alpha value is -1.91. The largest absolute Gasteiger partial charge is 0.446 e. The molecule has 2 aromatic rings. The van der Waals surface area contributed by atoms with Crippen molar-refractivity contribution in [1.29, 1.82) is 0 Å². The lowest BCUT2D eigenvalue weighted by Crippen LogP contribution is -2.45. The van der Waals surface area contributed by atoms with Crippen molar-refractivity contribution in [3.8, 4) is 0 Å². The van der Waals surface area contributed by atoms with E-state index >= 15 is 0 Å². The van der Waals surface area contributed by atoms with Gasteiger partial charge in [0, 0.05) is 19.4 Å². The fourth-order valence-corrected chi connectivity index (χ4v) is 5.63. The average molecular weight is 495 g/mol. The zero-order valence-electron chi connectivity index (χ0n) is 20.4. The molecule has 2 N–H and O–H groups in total. The second-order valence-electron chi connectivity index (χ2n) is 10.8. The van der Waals surface area contributed by atoms with Crippen molar-refractivity contribution in [3.63, 3.8) is 0 Å². The smallest absolute Gasteiger partial charge is 0.404 e. The molecule has 2 aromatic heterocycles. The fraction of sp³-hybridized carbons (Fsp3) is 0.727. The Labute approximate surface area is 201 Å². The molecular formula is C22H35ClN6O3Si. The number of carbonyl (C=O) groups is 1. The van der Waals surface area contributed by atoms with Gasteiger partial charge in [-0.2, -0.15) is 15.1 Å². The summed E-state index contributed by atoms with van der Waals surface area (Å²) in [4.78, 5) is 22.5. The van der Waals surface area contributed by atoms with Gasteiger partial charge in [-0.25, -0.2) is 9.48 Å². The summed E-state index contributed by atoms with van der Waals surface area (Å²) < 4.78 is 13.6. The number of amides is 1. The molecule has 9 nitrogen and oxygen atoms in total. The van der Waals surface area contributed by atoms with Crippen LogP contribution in [0.2, 0.25) is 23.4 Å². The summed E-state index contributed by atoms with van der Waals surface area (Å²) in [7, 11) is -1.85. The number of rotatable bonds is 6. The van der Waals surface area contributed by atoms with Crippen LogP contribution in [0.15, 0.2) is 0 Å². The highest BCUT2D eigenvalue weighted by atomic mass is 35.5. The van der Waals surface area contributed by atoms with Crippen LogP contribution in [-0.2, 0) is 9.16 Å². The Bertz CT molecular complexity index is 1050. The molecule has 1 saturated carbocycles. The van der Waals surface area contributed by atoms with Crippen LogP contribution in [0, 0.1) is 6.92 Å². The minimum atomic E-state index is -1.85. The molecule has 3 heterocycles. The van der Waals surface area contributed by atoms with E-state index in [4.69, 9.17) is 31.6 Å². The molecule has 33 heavy (non-hydrogen) atoms. The lowest BCUT2D eigenvalue weighted by molar-refractivity contribution is 0.0243. The monoisotopic (exact) mass is 494 g/mol. The van der Waals surface area contributed by atoms with E-state index in [9.17, 15) is 4.79 Å². The van der Waals surface area contributed by atoms with Gasteiger partial charge in [0.1, 0.15) is 11.9 Å². The van der Waals surface area contributed by atoms with E-state index in [1.165, 1.54) is 0 Å². The normalized spacial score (nSPS) is 23.7. The molecule has 0 bridgehead atoms. The summed E-state index contributed by atoms with van der Waals surface area (Å²) in [5, 5.41) is 6.07. The number of hydrogen-bond acceptors (Lipinski definition) is 7. The highest BCUT2D eigenvalue weighted by Crippen LogP contribution is 2.40. The number of ether oxygens (including phenoxy) is 1. The molecule has 0 unspecified atom stereocenters. The standard InChI is InChI=1S/C22H35ClN6O3Si/c1-13-17-18(28-9-7-8-14(28)12-31-33(5,6)22(2,3)4)25-20(23)26-19(17)29(27-13)15-10-16(11-15)32-21(24)30/h14-16H,7-12H2,1-6H3,(H2,24,30)/t14-,15-,16-/m0/s1. The fourth-order valence-electron chi connectivity index (χ4n) is 4.43. The van der Waals surface area contributed by atoms with E-state index in [0.29, 0.717) is 19.4 Å². The second kappa shape index (κ2) is 8.70. The minimum Gasteiger partial charge on any atom is -0.446 e. The van der Waals surface area contributed by atoms with Crippen molar-refractivity contribution in [3.05, 3.63) is 11.0 Å². The van der Waals surface area contributed by atoms with Gasteiger partial charge in [0.15, 0.2) is 14.0 Å². The predicted molar refractivity (Wildman–Crippen MR) is 131 cm³/mol. The molecule has 4 rings (SSSR count). The number of nitrogens with two attached hydrogens (primary N) is 1. The van der Waals surface area contributed by atoms with Crippen LogP contribution >= 0.6 is 11.6 Å². The summed E-state index contributed by atoms with van der Waals surface area (Å²) in [6, 6.07) is 0.328. The van der Waals surface area contributed by atoms with Gasteiger partial charge in [0.25, 0.3) is 0 Å². The zero-order chi connectivity index (χ0) is 24.1. The summed E-state index contributed by atoms with van der Waals surface area (Å²) in [5.41, 5.74) is 6.73. The van der Waals surface area contributed by atoms with Crippen molar-refractivity contribution < 1.29 is 14.0 Å². The number of halogens is 1. The first-order chi connectivity index (χ1) is 15.4. The quantitative estimate of drug-likeness (QED) is 0.462. The van der Waals surface area contributed by atoms with Crippen LogP contribution in [0.25, 0.3) is 11.0 Å².